The van der Waals surface area contributed by atoms with Crippen molar-refractivity contribution in [3.05, 3.63) is 29.8 Å². The average Bonchev–Trinajstić information content (AvgIpc) is 2.46. The number of benzene rings is 1. The zero-order chi connectivity index (χ0) is 16.4. The summed E-state index contributed by atoms with van der Waals surface area (Å²) in [6.45, 7) is 3.44. The van der Waals surface area contributed by atoms with Gasteiger partial charge in [-0.1, -0.05) is 12.5 Å². The van der Waals surface area contributed by atoms with E-state index in [0.717, 1.165) is 25.2 Å². The molecule has 2 fully saturated rings. The molecular weight excluding hydrogens is 307 g/mol. The number of halogens is 3. The first-order valence-electron chi connectivity index (χ1n) is 7.91. The summed E-state index contributed by atoms with van der Waals surface area (Å²) in [4.78, 5) is 16.1. The third-order valence-corrected chi connectivity index (χ3v) is 4.50. The molecule has 0 aliphatic carbocycles. The lowest BCUT2D eigenvalue weighted by Crippen LogP contribution is -2.62. The highest BCUT2D eigenvalue weighted by atomic mass is 19.4. The van der Waals surface area contributed by atoms with Gasteiger partial charge in [-0.05, 0) is 44.1 Å². The molecule has 2 saturated heterocycles. The number of carbonyl (C=O) groups excluding carboxylic acids is 1. The number of urea groups is 1. The molecule has 126 valence electrons. The number of amides is 2. The Labute approximate surface area is 133 Å². The summed E-state index contributed by atoms with van der Waals surface area (Å²) in [6, 6.07) is 4.77. The maximum atomic E-state index is 12.7. The monoisotopic (exact) mass is 327 g/mol. The highest BCUT2D eigenvalue weighted by Gasteiger charge is 2.35. The van der Waals surface area contributed by atoms with Gasteiger partial charge in [-0.3, -0.25) is 4.90 Å². The van der Waals surface area contributed by atoms with Gasteiger partial charge in [-0.15, -0.1) is 0 Å². The van der Waals surface area contributed by atoms with Crippen LogP contribution in [0.25, 0.3) is 0 Å². The molecule has 3 rings (SSSR count). The van der Waals surface area contributed by atoms with Crippen molar-refractivity contribution in [2.24, 2.45) is 0 Å². The normalized spacial score (nSPS) is 20.2. The lowest BCUT2D eigenvalue weighted by Gasteiger charge is -2.46. The third kappa shape index (κ3) is 3.77. The SMILES string of the molecule is O=C(Nc1cccc(C(F)(F)F)c1)N1CC(N2CCCCC2)C1. The molecular formula is C16H20F3N3O. The molecule has 0 bridgehead atoms. The van der Waals surface area contributed by atoms with Crippen LogP contribution in [-0.4, -0.2) is 48.1 Å². The molecule has 0 atom stereocenters. The molecule has 0 radical (unpaired) electrons. The van der Waals surface area contributed by atoms with E-state index >= 15 is 0 Å². The molecule has 4 nitrogen and oxygen atoms in total. The number of nitrogens with one attached hydrogen (secondary N) is 1. The van der Waals surface area contributed by atoms with Crippen molar-refractivity contribution < 1.29 is 18.0 Å². The van der Waals surface area contributed by atoms with E-state index in [9.17, 15) is 18.0 Å². The van der Waals surface area contributed by atoms with Gasteiger partial charge < -0.3 is 10.2 Å². The highest BCUT2D eigenvalue weighted by Crippen LogP contribution is 2.31. The Kier molecular flexibility index (Phi) is 4.48. The summed E-state index contributed by atoms with van der Waals surface area (Å²) in [5, 5.41) is 2.55. The van der Waals surface area contributed by atoms with Crippen molar-refractivity contribution >= 4 is 11.7 Å². The molecule has 0 unspecified atom stereocenters. The van der Waals surface area contributed by atoms with Crippen molar-refractivity contribution in [1.29, 1.82) is 0 Å². The molecule has 0 aromatic heterocycles. The van der Waals surface area contributed by atoms with Crippen LogP contribution in [0, 0.1) is 0 Å². The van der Waals surface area contributed by atoms with Gasteiger partial charge in [-0.2, -0.15) is 13.2 Å². The van der Waals surface area contributed by atoms with Gasteiger partial charge in [-0.25, -0.2) is 4.79 Å². The smallest absolute Gasteiger partial charge is 0.321 e. The van der Waals surface area contributed by atoms with E-state index in [4.69, 9.17) is 0 Å². The van der Waals surface area contributed by atoms with E-state index in [1.807, 2.05) is 0 Å². The number of anilines is 1. The Morgan fingerprint density at radius 3 is 2.48 bits per heavy atom. The van der Waals surface area contributed by atoms with Gasteiger partial charge in [0.25, 0.3) is 0 Å². The van der Waals surface area contributed by atoms with Crippen LogP contribution in [0.3, 0.4) is 0 Å². The van der Waals surface area contributed by atoms with Crippen LogP contribution in [0.15, 0.2) is 24.3 Å². The van der Waals surface area contributed by atoms with Crippen LogP contribution < -0.4 is 5.32 Å². The molecule has 1 aromatic carbocycles. The highest BCUT2D eigenvalue weighted by molar-refractivity contribution is 5.90. The van der Waals surface area contributed by atoms with E-state index in [1.54, 1.807) is 4.90 Å². The molecule has 7 heteroatoms. The van der Waals surface area contributed by atoms with Gasteiger partial charge in [0.15, 0.2) is 0 Å². The number of alkyl halides is 3. The maximum Gasteiger partial charge on any atom is 0.416 e. The summed E-state index contributed by atoms with van der Waals surface area (Å²) >= 11 is 0. The first-order chi connectivity index (χ1) is 10.9. The Balaban J connectivity index is 1.52. The number of rotatable bonds is 2. The van der Waals surface area contributed by atoms with Gasteiger partial charge in [0.1, 0.15) is 0 Å². The summed E-state index contributed by atoms with van der Waals surface area (Å²) in [5.41, 5.74) is -0.587. The topological polar surface area (TPSA) is 35.6 Å². The fraction of sp³-hybridized carbons (Fsp3) is 0.562. The molecule has 23 heavy (non-hydrogen) atoms. The van der Waals surface area contributed by atoms with Crippen molar-refractivity contribution in [3.8, 4) is 0 Å². The number of hydrogen-bond donors (Lipinski definition) is 1. The molecule has 2 aliphatic rings. The first-order valence-corrected chi connectivity index (χ1v) is 7.91. The Morgan fingerprint density at radius 2 is 1.83 bits per heavy atom. The molecule has 2 heterocycles. The van der Waals surface area contributed by atoms with Crippen molar-refractivity contribution in [1.82, 2.24) is 9.80 Å². The Hall–Kier alpha value is -1.76. The van der Waals surface area contributed by atoms with Crippen molar-refractivity contribution in [2.45, 2.75) is 31.5 Å². The second kappa shape index (κ2) is 6.39. The molecule has 0 saturated carbocycles. The largest absolute Gasteiger partial charge is 0.416 e. The minimum atomic E-state index is -4.41. The zero-order valence-electron chi connectivity index (χ0n) is 12.8. The van der Waals surface area contributed by atoms with Gasteiger partial charge in [0.05, 0.1) is 5.56 Å². The number of nitrogens with zero attached hydrogens (tertiary/aromatic N) is 2. The van der Waals surface area contributed by atoms with Crippen LogP contribution in [-0.2, 0) is 6.18 Å². The quantitative estimate of drug-likeness (QED) is 0.903. The fourth-order valence-corrected chi connectivity index (χ4v) is 3.11. The van der Waals surface area contributed by atoms with Crippen LogP contribution in [0.4, 0.5) is 23.7 Å². The zero-order valence-corrected chi connectivity index (χ0v) is 12.8. The average molecular weight is 327 g/mol. The van der Waals surface area contributed by atoms with Crippen LogP contribution in [0.1, 0.15) is 24.8 Å². The molecule has 0 spiro atoms. The minimum Gasteiger partial charge on any atom is -0.321 e. The second-order valence-electron chi connectivity index (χ2n) is 6.16. The second-order valence-corrected chi connectivity index (χ2v) is 6.16. The lowest BCUT2D eigenvalue weighted by atomic mass is 10.0. The first kappa shape index (κ1) is 16.1. The molecule has 2 amide bonds. The van der Waals surface area contributed by atoms with Gasteiger partial charge in [0.2, 0.25) is 0 Å². The summed E-state index contributed by atoms with van der Waals surface area (Å²) in [7, 11) is 0. The van der Waals surface area contributed by atoms with Crippen molar-refractivity contribution in [3.63, 3.8) is 0 Å². The third-order valence-electron chi connectivity index (χ3n) is 4.50. The predicted octanol–water partition coefficient (Wildman–Crippen LogP) is 3.41. The maximum absolute atomic E-state index is 12.7. The van der Waals surface area contributed by atoms with E-state index < -0.39 is 11.7 Å². The fourth-order valence-electron chi connectivity index (χ4n) is 3.11. The van der Waals surface area contributed by atoms with E-state index in [0.29, 0.717) is 19.1 Å². The number of hydrogen-bond acceptors (Lipinski definition) is 2. The standard InChI is InChI=1S/C16H20F3N3O/c17-16(18,19)12-5-4-6-13(9-12)20-15(23)22-10-14(11-22)21-7-2-1-3-8-21/h4-6,9,14H,1-3,7-8,10-11H2,(H,20,23). The van der Waals surface area contributed by atoms with Gasteiger partial charge >= 0.3 is 12.2 Å². The molecule has 1 N–H and O–H groups in total. The van der Waals surface area contributed by atoms with E-state index in [-0.39, 0.29) is 11.7 Å². The van der Waals surface area contributed by atoms with Gasteiger partial charge in [0, 0.05) is 24.8 Å². The van der Waals surface area contributed by atoms with Crippen molar-refractivity contribution in [2.75, 3.05) is 31.5 Å². The van der Waals surface area contributed by atoms with E-state index in [1.165, 1.54) is 31.4 Å². The lowest BCUT2D eigenvalue weighted by molar-refractivity contribution is -0.137. The molecule has 2 aliphatic heterocycles. The van der Waals surface area contributed by atoms with E-state index in [2.05, 4.69) is 10.2 Å². The van der Waals surface area contributed by atoms with Crippen LogP contribution in [0.5, 0.6) is 0 Å². The number of likely N-dealkylation sites (tertiary alicyclic amines) is 2. The number of carbonyl (C=O) groups is 1. The van der Waals surface area contributed by atoms with Crippen LogP contribution in [0.2, 0.25) is 0 Å². The Bertz CT molecular complexity index is 564. The number of piperidine rings is 1. The summed E-state index contributed by atoms with van der Waals surface area (Å²) in [5.74, 6) is 0. The minimum absolute atomic E-state index is 0.172. The summed E-state index contributed by atoms with van der Waals surface area (Å²) in [6.07, 6.45) is -0.736. The molecule has 1 aromatic rings. The summed E-state index contributed by atoms with van der Waals surface area (Å²) < 4.78 is 38.0. The van der Waals surface area contributed by atoms with Crippen LogP contribution >= 0.6 is 0 Å². The predicted molar refractivity (Wildman–Crippen MR) is 81.2 cm³/mol. The Morgan fingerprint density at radius 1 is 1.13 bits per heavy atom.